The summed E-state index contributed by atoms with van der Waals surface area (Å²) in [6.45, 7) is 2.88. The Labute approximate surface area is 104 Å². The molecule has 0 spiro atoms. The fourth-order valence-corrected chi connectivity index (χ4v) is 2.01. The molecular weight excluding hydrogens is 243 g/mol. The Hall–Kier alpha value is -1.17. The maximum atomic E-state index is 12.3. The van der Waals surface area contributed by atoms with Crippen molar-refractivity contribution in [2.24, 2.45) is 5.92 Å². The van der Waals surface area contributed by atoms with Crippen molar-refractivity contribution >= 4 is 0 Å². The summed E-state index contributed by atoms with van der Waals surface area (Å²) in [7, 11) is 0. The number of rotatable bonds is 5. The van der Waals surface area contributed by atoms with Gasteiger partial charge in [0.2, 0.25) is 0 Å². The van der Waals surface area contributed by atoms with Crippen LogP contribution in [0.25, 0.3) is 0 Å². The van der Waals surface area contributed by atoms with Gasteiger partial charge in [-0.05, 0) is 37.4 Å². The number of alkyl halides is 3. The summed E-state index contributed by atoms with van der Waals surface area (Å²) in [5.41, 5.74) is -0.321. The van der Waals surface area contributed by atoms with Gasteiger partial charge in [0, 0.05) is 12.5 Å². The van der Waals surface area contributed by atoms with Crippen LogP contribution in [0.3, 0.4) is 0 Å². The molecule has 0 aliphatic heterocycles. The first-order chi connectivity index (χ1) is 8.50. The van der Waals surface area contributed by atoms with E-state index in [0.717, 1.165) is 12.6 Å². The lowest BCUT2D eigenvalue weighted by Crippen LogP contribution is -2.33. The predicted octanol–water partition coefficient (Wildman–Crippen LogP) is 2.43. The Morgan fingerprint density at radius 3 is 2.50 bits per heavy atom. The van der Waals surface area contributed by atoms with Crippen LogP contribution in [0.4, 0.5) is 13.2 Å². The Kier molecular flexibility index (Phi) is 3.85. The Bertz CT molecular complexity index is 385. The second-order valence-corrected chi connectivity index (χ2v) is 4.61. The van der Waals surface area contributed by atoms with Crippen molar-refractivity contribution in [2.45, 2.75) is 38.4 Å². The fourth-order valence-electron chi connectivity index (χ4n) is 2.01. The molecule has 0 amide bonds. The summed E-state index contributed by atoms with van der Waals surface area (Å²) in [6, 6.07) is 2.72. The fraction of sp³-hybridized carbons (Fsp3) is 0.667. The van der Waals surface area contributed by atoms with Gasteiger partial charge >= 0.3 is 6.18 Å². The third-order valence-corrected chi connectivity index (χ3v) is 3.10. The van der Waals surface area contributed by atoms with Crippen LogP contribution in [0, 0.1) is 5.92 Å². The number of likely N-dealkylation sites (N-methyl/N-ethyl adjacent to an activating group) is 1. The second-order valence-electron chi connectivity index (χ2n) is 4.61. The van der Waals surface area contributed by atoms with Crippen LogP contribution in [0.2, 0.25) is 0 Å². The van der Waals surface area contributed by atoms with Crippen LogP contribution in [0.5, 0.6) is 0 Å². The van der Waals surface area contributed by atoms with Crippen LogP contribution in [-0.4, -0.2) is 22.8 Å². The molecule has 1 aromatic rings. The summed E-state index contributed by atoms with van der Waals surface area (Å²) in [5, 5.41) is 10.3. The Morgan fingerprint density at radius 2 is 2.06 bits per heavy atom. The zero-order valence-corrected chi connectivity index (χ0v) is 10.2. The summed E-state index contributed by atoms with van der Waals surface area (Å²) < 4.78 is 37.0. The van der Waals surface area contributed by atoms with E-state index in [1.807, 2.05) is 6.92 Å². The standard InChI is InChI=1S/C12H16F3N3/c1-2-16-10(8-3-4-8)7-9-5-6-11(18-17-9)12(13,14)15/h5-6,8,10,16H,2-4,7H2,1H3. The monoisotopic (exact) mass is 259 g/mol. The summed E-state index contributed by atoms with van der Waals surface area (Å²) in [4.78, 5) is 0. The lowest BCUT2D eigenvalue weighted by molar-refractivity contribution is -0.141. The first-order valence-corrected chi connectivity index (χ1v) is 6.14. The third kappa shape index (κ3) is 3.41. The van der Waals surface area contributed by atoms with Crippen LogP contribution in [0.15, 0.2) is 12.1 Å². The van der Waals surface area contributed by atoms with Gasteiger partial charge in [-0.1, -0.05) is 6.92 Å². The van der Waals surface area contributed by atoms with Crippen molar-refractivity contribution in [1.29, 1.82) is 0 Å². The molecule has 1 heterocycles. The molecule has 1 N–H and O–H groups in total. The van der Waals surface area contributed by atoms with E-state index in [1.54, 1.807) is 0 Å². The minimum absolute atomic E-state index is 0.307. The number of nitrogens with one attached hydrogen (secondary N) is 1. The maximum Gasteiger partial charge on any atom is 0.435 e. The molecule has 0 radical (unpaired) electrons. The lowest BCUT2D eigenvalue weighted by atomic mass is 10.1. The largest absolute Gasteiger partial charge is 0.435 e. The van der Waals surface area contributed by atoms with E-state index in [1.165, 1.54) is 18.9 Å². The van der Waals surface area contributed by atoms with Gasteiger partial charge < -0.3 is 5.32 Å². The van der Waals surface area contributed by atoms with E-state index < -0.39 is 11.9 Å². The van der Waals surface area contributed by atoms with Crippen molar-refractivity contribution in [1.82, 2.24) is 15.5 Å². The zero-order valence-electron chi connectivity index (χ0n) is 10.2. The minimum Gasteiger partial charge on any atom is -0.314 e. The van der Waals surface area contributed by atoms with Gasteiger partial charge in [-0.25, -0.2) is 0 Å². The molecule has 100 valence electrons. The molecule has 1 atom stereocenters. The van der Waals surface area contributed by atoms with E-state index in [4.69, 9.17) is 0 Å². The third-order valence-electron chi connectivity index (χ3n) is 3.10. The smallest absolute Gasteiger partial charge is 0.314 e. The highest BCUT2D eigenvalue weighted by atomic mass is 19.4. The number of halogens is 3. The average molecular weight is 259 g/mol. The van der Waals surface area contributed by atoms with E-state index in [2.05, 4.69) is 15.5 Å². The van der Waals surface area contributed by atoms with Crippen molar-refractivity contribution in [2.75, 3.05) is 6.54 Å². The Morgan fingerprint density at radius 1 is 1.33 bits per heavy atom. The number of aromatic nitrogens is 2. The summed E-state index contributed by atoms with van der Waals surface area (Å²) in [5.74, 6) is 0.633. The first kappa shape index (κ1) is 13.3. The lowest BCUT2D eigenvalue weighted by Gasteiger charge is -2.16. The molecule has 6 heteroatoms. The molecule has 1 unspecified atom stereocenters. The number of hydrogen-bond acceptors (Lipinski definition) is 3. The molecule has 0 aromatic carbocycles. The second kappa shape index (κ2) is 5.22. The molecule has 1 aliphatic rings. The molecule has 1 saturated carbocycles. The molecule has 1 fully saturated rings. The summed E-state index contributed by atoms with van der Waals surface area (Å²) in [6.07, 6.45) is -1.40. The van der Waals surface area contributed by atoms with E-state index in [9.17, 15) is 13.2 Å². The van der Waals surface area contributed by atoms with Crippen LogP contribution in [0.1, 0.15) is 31.2 Å². The van der Waals surface area contributed by atoms with Gasteiger partial charge in [0.15, 0.2) is 5.69 Å². The van der Waals surface area contributed by atoms with E-state index >= 15 is 0 Å². The predicted molar refractivity (Wildman–Crippen MR) is 60.9 cm³/mol. The highest BCUT2D eigenvalue weighted by molar-refractivity contribution is 5.11. The highest BCUT2D eigenvalue weighted by Gasteiger charge is 2.34. The van der Waals surface area contributed by atoms with Crippen LogP contribution < -0.4 is 5.32 Å². The van der Waals surface area contributed by atoms with Crippen molar-refractivity contribution in [3.63, 3.8) is 0 Å². The highest BCUT2D eigenvalue weighted by Crippen LogP contribution is 2.34. The molecule has 3 nitrogen and oxygen atoms in total. The van der Waals surface area contributed by atoms with E-state index in [0.29, 0.717) is 24.1 Å². The molecule has 1 aliphatic carbocycles. The zero-order chi connectivity index (χ0) is 13.2. The van der Waals surface area contributed by atoms with Crippen LogP contribution in [-0.2, 0) is 12.6 Å². The molecule has 2 rings (SSSR count). The van der Waals surface area contributed by atoms with Gasteiger partial charge in [0.05, 0.1) is 5.69 Å². The van der Waals surface area contributed by atoms with Crippen LogP contribution >= 0.6 is 0 Å². The van der Waals surface area contributed by atoms with Gasteiger partial charge in [0.25, 0.3) is 0 Å². The molecular formula is C12H16F3N3. The molecule has 0 bridgehead atoms. The van der Waals surface area contributed by atoms with Gasteiger partial charge in [-0.3, -0.25) is 0 Å². The van der Waals surface area contributed by atoms with Crippen molar-refractivity contribution in [3.8, 4) is 0 Å². The van der Waals surface area contributed by atoms with Crippen molar-refractivity contribution < 1.29 is 13.2 Å². The van der Waals surface area contributed by atoms with Crippen molar-refractivity contribution in [3.05, 3.63) is 23.5 Å². The van der Waals surface area contributed by atoms with Gasteiger partial charge in [0.1, 0.15) is 0 Å². The number of hydrogen-bond donors (Lipinski definition) is 1. The Balaban J connectivity index is 2.00. The molecule has 18 heavy (non-hydrogen) atoms. The first-order valence-electron chi connectivity index (χ1n) is 6.14. The molecule has 0 saturated heterocycles. The quantitative estimate of drug-likeness (QED) is 0.882. The SMILES string of the molecule is CCNC(Cc1ccc(C(F)(F)F)nn1)C1CC1. The maximum absolute atomic E-state index is 12.3. The van der Waals surface area contributed by atoms with Gasteiger partial charge in [-0.15, -0.1) is 5.10 Å². The summed E-state index contributed by atoms with van der Waals surface area (Å²) >= 11 is 0. The normalized spacial score (nSPS) is 17.8. The minimum atomic E-state index is -4.41. The number of nitrogens with zero attached hydrogens (tertiary/aromatic N) is 2. The molecule has 1 aromatic heterocycles. The average Bonchev–Trinajstić information content (AvgIpc) is 3.12. The van der Waals surface area contributed by atoms with Gasteiger partial charge in [-0.2, -0.15) is 18.3 Å². The topological polar surface area (TPSA) is 37.8 Å². The van der Waals surface area contributed by atoms with E-state index in [-0.39, 0.29) is 0 Å².